The Hall–Kier alpha value is -1.81. The van der Waals surface area contributed by atoms with Crippen molar-refractivity contribution < 1.29 is 30.3 Å². The molecule has 4 atom stereocenters. The molecule has 1 aromatic heterocycles. The fraction of sp³-hybridized carbons (Fsp3) is 0.500. The van der Waals surface area contributed by atoms with E-state index >= 15 is 0 Å². The Balaban J connectivity index is 1.88. The van der Waals surface area contributed by atoms with Crippen molar-refractivity contribution in [3.05, 3.63) is 40.0 Å². The van der Waals surface area contributed by atoms with E-state index in [1.807, 2.05) is 0 Å². The summed E-state index contributed by atoms with van der Waals surface area (Å²) in [5, 5.41) is 49.4. The van der Waals surface area contributed by atoms with E-state index in [4.69, 9.17) is 16.7 Å². The molecule has 0 radical (unpaired) electrons. The third kappa shape index (κ3) is 4.37. The molecule has 1 aromatic carbocycles. The van der Waals surface area contributed by atoms with E-state index in [-0.39, 0.29) is 12.5 Å². The highest BCUT2D eigenvalue weighted by molar-refractivity contribution is 6.31. The summed E-state index contributed by atoms with van der Waals surface area (Å²) in [4.78, 5) is 19.1. The van der Waals surface area contributed by atoms with Crippen LogP contribution < -0.4 is 0 Å². The minimum atomic E-state index is -1.75. The summed E-state index contributed by atoms with van der Waals surface area (Å²) in [6, 6.07) is 5.17. The Morgan fingerprint density at radius 3 is 2.55 bits per heavy atom. The zero-order valence-corrected chi connectivity index (χ0v) is 16.7. The van der Waals surface area contributed by atoms with Gasteiger partial charge in [0, 0.05) is 29.7 Å². The monoisotopic (exact) mass is 424 g/mol. The lowest BCUT2D eigenvalue weighted by molar-refractivity contribution is -0.117. The van der Waals surface area contributed by atoms with Crippen molar-refractivity contribution in [1.29, 1.82) is 0 Å². The fourth-order valence-corrected chi connectivity index (χ4v) is 3.88. The molecule has 5 N–H and O–H groups in total. The molecule has 1 heterocycles. The van der Waals surface area contributed by atoms with Gasteiger partial charge in [0.15, 0.2) is 0 Å². The molecule has 1 amide bonds. The number of aliphatic hydroxyl groups is 5. The zero-order valence-electron chi connectivity index (χ0n) is 16.0. The first-order valence-corrected chi connectivity index (χ1v) is 9.82. The number of benzene rings is 1. The molecular weight excluding hydrogens is 400 g/mol. The maximum absolute atomic E-state index is 13.3. The van der Waals surface area contributed by atoms with Crippen molar-refractivity contribution in [2.45, 2.75) is 43.7 Å². The van der Waals surface area contributed by atoms with E-state index in [1.54, 1.807) is 18.2 Å². The normalized spacial score (nSPS) is 17.6. The van der Waals surface area contributed by atoms with Crippen LogP contribution in [-0.2, 0) is 12.8 Å². The third-order valence-electron chi connectivity index (χ3n) is 5.32. The molecular formula is C20H25ClN2O6. The van der Waals surface area contributed by atoms with Gasteiger partial charge in [0.25, 0.3) is 5.91 Å². The molecule has 29 heavy (non-hydrogen) atoms. The lowest BCUT2D eigenvalue weighted by Crippen LogP contribution is -2.50. The van der Waals surface area contributed by atoms with Crippen LogP contribution in [0.15, 0.2) is 18.2 Å². The van der Waals surface area contributed by atoms with E-state index in [1.165, 1.54) is 11.9 Å². The predicted octanol–water partition coefficient (Wildman–Crippen LogP) is -0.115. The number of fused-ring (bicyclic) bond motifs is 2. The highest BCUT2D eigenvalue weighted by Crippen LogP contribution is 2.32. The summed E-state index contributed by atoms with van der Waals surface area (Å²) >= 11 is 6.13. The third-order valence-corrected chi connectivity index (χ3v) is 5.56. The van der Waals surface area contributed by atoms with Gasteiger partial charge in [-0.2, -0.15) is 0 Å². The molecule has 0 aliphatic heterocycles. The Kier molecular flexibility index (Phi) is 6.72. The molecule has 4 unspecified atom stereocenters. The molecule has 1 aliphatic carbocycles. The first-order chi connectivity index (χ1) is 13.7. The van der Waals surface area contributed by atoms with Gasteiger partial charge in [-0.1, -0.05) is 11.6 Å². The molecule has 158 valence electrons. The summed E-state index contributed by atoms with van der Waals surface area (Å²) in [7, 11) is 1.48. The summed E-state index contributed by atoms with van der Waals surface area (Å²) < 4.78 is 0. The van der Waals surface area contributed by atoms with Gasteiger partial charge in [0.05, 0.1) is 17.7 Å². The van der Waals surface area contributed by atoms with Gasteiger partial charge in [-0.25, -0.2) is 0 Å². The quantitative estimate of drug-likeness (QED) is 0.418. The van der Waals surface area contributed by atoms with Crippen LogP contribution in [0.1, 0.15) is 28.0 Å². The highest BCUT2D eigenvalue weighted by Gasteiger charge is 2.32. The fourth-order valence-electron chi connectivity index (χ4n) is 3.70. The van der Waals surface area contributed by atoms with Gasteiger partial charge >= 0.3 is 0 Å². The number of aryl methyl sites for hydroxylation is 1. The molecule has 8 nitrogen and oxygen atoms in total. The van der Waals surface area contributed by atoms with Crippen LogP contribution in [0.5, 0.6) is 0 Å². The smallest absolute Gasteiger partial charge is 0.254 e. The van der Waals surface area contributed by atoms with Gasteiger partial charge in [-0.05, 0) is 43.0 Å². The number of nitrogens with zero attached hydrogens (tertiary/aromatic N) is 2. The first kappa shape index (κ1) is 21.9. The first-order valence-electron chi connectivity index (χ1n) is 9.44. The molecule has 3 rings (SSSR count). The standard InChI is InChI=1S/C20H25ClN2O6/c1-23(8-15(25)18(27)19(28)16(26)9-24)20(29)17-11-3-2-4-13(11)22-14-6-5-10(21)7-12(14)17/h5-7,15-16,18-19,24-28H,2-4,8-9H2,1H3. The van der Waals surface area contributed by atoms with Gasteiger partial charge in [-0.15, -0.1) is 0 Å². The lowest BCUT2D eigenvalue weighted by Gasteiger charge is -2.29. The molecule has 9 heteroatoms. The van der Waals surface area contributed by atoms with Gasteiger partial charge in [0.1, 0.15) is 24.4 Å². The van der Waals surface area contributed by atoms with Crippen LogP contribution in [-0.4, -0.2) is 85.9 Å². The second-order valence-corrected chi connectivity index (χ2v) is 7.85. The number of hydrogen-bond acceptors (Lipinski definition) is 7. The summed E-state index contributed by atoms with van der Waals surface area (Å²) in [6.07, 6.45) is -4.22. The van der Waals surface area contributed by atoms with Crippen LogP contribution in [0.25, 0.3) is 10.9 Å². The van der Waals surface area contributed by atoms with Crippen LogP contribution >= 0.6 is 11.6 Å². The average molecular weight is 425 g/mol. The molecule has 2 aromatic rings. The average Bonchev–Trinajstić information content (AvgIpc) is 3.17. The zero-order chi connectivity index (χ0) is 21.3. The minimum Gasteiger partial charge on any atom is -0.394 e. The molecule has 1 aliphatic rings. The van der Waals surface area contributed by atoms with E-state index in [2.05, 4.69) is 4.98 Å². The molecule has 0 bridgehead atoms. The van der Waals surface area contributed by atoms with Gasteiger partial charge in [0.2, 0.25) is 0 Å². The van der Waals surface area contributed by atoms with E-state index < -0.39 is 31.0 Å². The topological polar surface area (TPSA) is 134 Å². The van der Waals surface area contributed by atoms with E-state index in [0.717, 1.165) is 24.1 Å². The summed E-state index contributed by atoms with van der Waals surface area (Å²) in [6.45, 7) is -1.05. The number of carbonyl (C=O) groups excluding carboxylic acids is 1. The van der Waals surface area contributed by atoms with Crippen molar-refractivity contribution >= 4 is 28.4 Å². The molecule has 0 saturated carbocycles. The lowest BCUT2D eigenvalue weighted by atomic mass is 9.99. The number of aromatic nitrogens is 1. The number of likely N-dealkylation sites (N-methyl/N-ethyl adjacent to an activating group) is 1. The Bertz CT molecular complexity index is 908. The predicted molar refractivity (Wildman–Crippen MR) is 107 cm³/mol. The van der Waals surface area contributed by atoms with Gasteiger partial charge in [-0.3, -0.25) is 9.78 Å². The minimum absolute atomic E-state index is 0.283. The van der Waals surface area contributed by atoms with Crippen molar-refractivity contribution in [3.63, 3.8) is 0 Å². The molecule has 0 saturated heterocycles. The number of carbonyl (C=O) groups is 1. The SMILES string of the molecule is CN(CC(O)C(O)C(O)C(O)CO)C(=O)c1c2c(nc3ccc(Cl)cc13)CCC2. The van der Waals surface area contributed by atoms with E-state index in [9.17, 15) is 25.2 Å². The maximum atomic E-state index is 13.3. The Morgan fingerprint density at radius 2 is 1.86 bits per heavy atom. The van der Waals surface area contributed by atoms with Crippen molar-refractivity contribution in [1.82, 2.24) is 9.88 Å². The van der Waals surface area contributed by atoms with Crippen molar-refractivity contribution in [2.75, 3.05) is 20.2 Å². The second kappa shape index (κ2) is 8.91. The van der Waals surface area contributed by atoms with Crippen LogP contribution in [0, 0.1) is 0 Å². The Morgan fingerprint density at radius 1 is 1.17 bits per heavy atom. The van der Waals surface area contributed by atoms with Crippen LogP contribution in [0.2, 0.25) is 5.02 Å². The molecule has 0 spiro atoms. The maximum Gasteiger partial charge on any atom is 0.254 e. The van der Waals surface area contributed by atoms with Gasteiger partial charge < -0.3 is 30.4 Å². The molecule has 0 fully saturated rings. The Labute approximate surface area is 173 Å². The number of pyridine rings is 1. The largest absolute Gasteiger partial charge is 0.394 e. The van der Waals surface area contributed by atoms with E-state index in [0.29, 0.717) is 27.9 Å². The van der Waals surface area contributed by atoms with Crippen LogP contribution in [0.4, 0.5) is 0 Å². The van der Waals surface area contributed by atoms with Crippen molar-refractivity contribution in [3.8, 4) is 0 Å². The summed E-state index contributed by atoms with van der Waals surface area (Å²) in [5.74, 6) is -0.360. The number of halogens is 1. The van der Waals surface area contributed by atoms with Crippen molar-refractivity contribution in [2.24, 2.45) is 0 Å². The number of rotatable bonds is 7. The number of amides is 1. The number of aliphatic hydroxyl groups excluding tert-OH is 5. The van der Waals surface area contributed by atoms with Crippen LogP contribution in [0.3, 0.4) is 0 Å². The number of hydrogen-bond donors (Lipinski definition) is 5. The summed E-state index contributed by atoms with van der Waals surface area (Å²) in [5.41, 5.74) is 2.88. The highest BCUT2D eigenvalue weighted by atomic mass is 35.5. The second-order valence-electron chi connectivity index (χ2n) is 7.41.